The van der Waals surface area contributed by atoms with Gasteiger partial charge in [-0.15, -0.1) is 0 Å². The number of carboxylic acid groups (broad SMARTS) is 4. The summed E-state index contributed by atoms with van der Waals surface area (Å²) in [5.74, 6) is -3.51. The van der Waals surface area contributed by atoms with Crippen LogP contribution in [0.5, 0.6) is 5.75 Å². The minimum Gasteiger partial charge on any atom is -0.494 e. The van der Waals surface area contributed by atoms with Gasteiger partial charge in [-0.05, 0) is 64.8 Å². The molecule has 14 heteroatoms. The maximum Gasteiger partial charge on any atom is 0.320 e. The summed E-state index contributed by atoms with van der Waals surface area (Å²) >= 11 is 0. The SMILES string of the molecule is CC(C(=O)O)N1CCN(C(C)C(=O)O)CCN(C(C)C(=O)O)C(Cc2ccc(OCCCN)cc2)CN(C(C)C(=O)O)CC1. The van der Waals surface area contributed by atoms with Gasteiger partial charge < -0.3 is 30.9 Å². The lowest BCUT2D eigenvalue weighted by Crippen LogP contribution is -2.58. The summed E-state index contributed by atoms with van der Waals surface area (Å²) in [5.41, 5.74) is 6.43. The zero-order valence-corrected chi connectivity index (χ0v) is 26.2. The summed E-state index contributed by atoms with van der Waals surface area (Å²) in [5, 5.41) is 39.6. The molecule has 6 N–H and O–H groups in total. The Bertz CT molecular complexity index is 1090. The molecule has 248 valence electrons. The summed E-state index contributed by atoms with van der Waals surface area (Å²) < 4.78 is 5.71. The highest BCUT2D eigenvalue weighted by atomic mass is 16.5. The Morgan fingerprint density at radius 2 is 1.16 bits per heavy atom. The first-order valence-electron chi connectivity index (χ1n) is 15.1. The molecule has 1 fully saturated rings. The van der Waals surface area contributed by atoms with E-state index in [9.17, 15) is 39.6 Å². The van der Waals surface area contributed by atoms with Gasteiger partial charge in [0.1, 0.15) is 29.9 Å². The minimum atomic E-state index is -1.05. The van der Waals surface area contributed by atoms with Crippen molar-refractivity contribution in [2.75, 3.05) is 59.0 Å². The van der Waals surface area contributed by atoms with Crippen LogP contribution in [-0.2, 0) is 25.6 Å². The number of ether oxygens (including phenoxy) is 1. The van der Waals surface area contributed by atoms with Gasteiger partial charge in [0.05, 0.1) is 6.61 Å². The van der Waals surface area contributed by atoms with Crippen LogP contribution >= 0.6 is 0 Å². The molecule has 0 spiro atoms. The normalized spacial score (nSPS) is 21.2. The lowest BCUT2D eigenvalue weighted by Gasteiger charge is -2.42. The second-order valence-corrected chi connectivity index (χ2v) is 11.4. The van der Waals surface area contributed by atoms with Gasteiger partial charge in [-0.1, -0.05) is 12.1 Å². The number of hydrogen-bond acceptors (Lipinski definition) is 10. The fraction of sp³-hybridized carbons (Fsp3) is 0.667. The van der Waals surface area contributed by atoms with Crippen LogP contribution in [0, 0.1) is 0 Å². The van der Waals surface area contributed by atoms with Crippen LogP contribution in [0.2, 0.25) is 0 Å². The van der Waals surface area contributed by atoms with Gasteiger partial charge in [-0.25, -0.2) is 0 Å². The Hall–Kier alpha value is -3.30. The molecule has 44 heavy (non-hydrogen) atoms. The third-order valence-corrected chi connectivity index (χ3v) is 8.49. The van der Waals surface area contributed by atoms with E-state index in [4.69, 9.17) is 10.5 Å². The minimum absolute atomic E-state index is 0.184. The quantitative estimate of drug-likeness (QED) is 0.179. The molecule has 1 aromatic carbocycles. The average molecular weight is 624 g/mol. The van der Waals surface area contributed by atoms with Crippen molar-refractivity contribution in [3.8, 4) is 5.75 Å². The number of nitrogens with zero attached hydrogens (tertiary/aromatic N) is 4. The predicted octanol–water partition coefficient (Wildman–Crippen LogP) is 0.439. The predicted molar refractivity (Wildman–Crippen MR) is 163 cm³/mol. The Morgan fingerprint density at radius 1 is 0.727 bits per heavy atom. The number of carbonyl (C=O) groups is 4. The zero-order valence-electron chi connectivity index (χ0n) is 26.2. The average Bonchev–Trinajstić information content (AvgIpc) is 2.97. The fourth-order valence-corrected chi connectivity index (χ4v) is 5.33. The first-order chi connectivity index (χ1) is 20.8. The Balaban J connectivity index is 2.54. The van der Waals surface area contributed by atoms with Crippen LogP contribution in [0.1, 0.15) is 39.7 Å². The number of hydrogen-bond donors (Lipinski definition) is 5. The molecule has 14 nitrogen and oxygen atoms in total. The standard InChI is InChI=1S/C30H49N5O9/c1-20(27(36)37)32-11-12-33(21(2)28(38)39)15-16-35(23(4)30(42)43)25(19-34(14-13-32)22(3)29(40)41)18-24-6-8-26(9-7-24)44-17-5-10-31/h6-9,20-23,25H,5,10-19,31H2,1-4H3,(H,36,37)(H,38,39)(H,40,41)(H,42,43). The van der Waals surface area contributed by atoms with Gasteiger partial charge in [0, 0.05) is 51.9 Å². The van der Waals surface area contributed by atoms with E-state index < -0.39 is 54.1 Å². The van der Waals surface area contributed by atoms with Gasteiger partial charge in [0.2, 0.25) is 0 Å². The van der Waals surface area contributed by atoms with Crippen LogP contribution < -0.4 is 10.5 Å². The van der Waals surface area contributed by atoms with E-state index in [1.165, 1.54) is 0 Å². The maximum atomic E-state index is 12.3. The Morgan fingerprint density at radius 3 is 1.61 bits per heavy atom. The smallest absolute Gasteiger partial charge is 0.320 e. The second-order valence-electron chi connectivity index (χ2n) is 11.4. The summed E-state index contributed by atoms with van der Waals surface area (Å²) in [6.45, 7) is 8.70. The van der Waals surface area contributed by atoms with E-state index in [1.807, 2.05) is 24.3 Å². The molecule has 1 aliphatic rings. The third kappa shape index (κ3) is 11.0. The van der Waals surface area contributed by atoms with Crippen molar-refractivity contribution in [2.45, 2.75) is 70.7 Å². The van der Waals surface area contributed by atoms with Crippen molar-refractivity contribution in [3.05, 3.63) is 29.8 Å². The topological polar surface area (TPSA) is 197 Å². The molecular formula is C30H49N5O9. The monoisotopic (exact) mass is 623 g/mol. The first-order valence-corrected chi connectivity index (χ1v) is 15.1. The van der Waals surface area contributed by atoms with E-state index in [-0.39, 0.29) is 45.8 Å². The summed E-state index contributed by atoms with van der Waals surface area (Å²) in [4.78, 5) is 55.4. The third-order valence-electron chi connectivity index (χ3n) is 8.49. The summed E-state index contributed by atoms with van der Waals surface area (Å²) in [7, 11) is 0. The van der Waals surface area contributed by atoms with Crippen LogP contribution in [0.4, 0.5) is 0 Å². The van der Waals surface area contributed by atoms with Crippen LogP contribution in [0.25, 0.3) is 0 Å². The van der Waals surface area contributed by atoms with Crippen molar-refractivity contribution in [1.82, 2.24) is 19.6 Å². The van der Waals surface area contributed by atoms with Crippen molar-refractivity contribution in [3.63, 3.8) is 0 Å². The van der Waals surface area contributed by atoms with Gasteiger partial charge in [-0.2, -0.15) is 0 Å². The summed E-state index contributed by atoms with van der Waals surface area (Å²) in [6, 6.07) is 3.30. The molecule has 1 aliphatic heterocycles. The molecule has 0 aliphatic carbocycles. The zero-order chi connectivity index (χ0) is 33.0. The molecule has 5 atom stereocenters. The second kappa shape index (κ2) is 17.9. The molecule has 0 saturated carbocycles. The van der Waals surface area contributed by atoms with Crippen molar-refractivity contribution >= 4 is 23.9 Å². The molecule has 1 aromatic rings. The molecule has 1 saturated heterocycles. The largest absolute Gasteiger partial charge is 0.494 e. The van der Waals surface area contributed by atoms with Gasteiger partial charge in [-0.3, -0.25) is 38.8 Å². The lowest BCUT2D eigenvalue weighted by atomic mass is 10.0. The Labute approximate surface area is 258 Å². The molecule has 0 aromatic heterocycles. The number of carboxylic acids is 4. The number of nitrogens with two attached hydrogens (primary N) is 1. The van der Waals surface area contributed by atoms with Gasteiger partial charge in [0.15, 0.2) is 0 Å². The van der Waals surface area contributed by atoms with Crippen LogP contribution in [0.15, 0.2) is 24.3 Å². The highest BCUT2D eigenvalue weighted by Gasteiger charge is 2.34. The highest BCUT2D eigenvalue weighted by Crippen LogP contribution is 2.20. The molecule has 1 heterocycles. The van der Waals surface area contributed by atoms with Gasteiger partial charge in [0.25, 0.3) is 0 Å². The van der Waals surface area contributed by atoms with Crippen LogP contribution in [0.3, 0.4) is 0 Å². The highest BCUT2D eigenvalue weighted by molar-refractivity contribution is 5.74. The van der Waals surface area contributed by atoms with E-state index in [1.54, 1.807) is 47.3 Å². The van der Waals surface area contributed by atoms with Crippen molar-refractivity contribution in [2.24, 2.45) is 5.73 Å². The Kier molecular flexibility index (Phi) is 15.0. The van der Waals surface area contributed by atoms with Crippen molar-refractivity contribution < 1.29 is 44.3 Å². The molecule has 2 rings (SSSR count). The molecule has 0 radical (unpaired) electrons. The van der Waals surface area contributed by atoms with E-state index >= 15 is 0 Å². The molecular weight excluding hydrogens is 574 g/mol. The molecule has 0 amide bonds. The first kappa shape index (κ1) is 36.9. The van der Waals surface area contributed by atoms with E-state index in [0.717, 1.165) is 5.56 Å². The summed E-state index contributed by atoms with van der Waals surface area (Å²) in [6.07, 6.45) is 1.09. The van der Waals surface area contributed by atoms with Crippen molar-refractivity contribution in [1.29, 1.82) is 0 Å². The van der Waals surface area contributed by atoms with Gasteiger partial charge >= 0.3 is 23.9 Å². The molecule has 0 bridgehead atoms. The maximum absolute atomic E-state index is 12.3. The number of aliphatic carboxylic acids is 4. The molecule has 5 unspecified atom stereocenters. The number of rotatable bonds is 14. The van der Waals surface area contributed by atoms with E-state index in [2.05, 4.69) is 0 Å². The fourth-order valence-electron chi connectivity index (χ4n) is 5.33. The lowest BCUT2D eigenvalue weighted by molar-refractivity contribution is -0.148. The number of benzene rings is 1. The van der Waals surface area contributed by atoms with E-state index in [0.29, 0.717) is 31.7 Å². The van der Waals surface area contributed by atoms with Crippen LogP contribution in [-0.4, -0.2) is 153 Å².